The highest BCUT2D eigenvalue weighted by atomic mass is 35.5. The summed E-state index contributed by atoms with van der Waals surface area (Å²) in [5, 5.41) is 3.66. The molecule has 0 aliphatic rings. The molecule has 0 aliphatic carbocycles. The van der Waals surface area contributed by atoms with Gasteiger partial charge in [-0.1, -0.05) is 43.6 Å². The molecule has 24 heavy (non-hydrogen) atoms. The smallest absolute Gasteiger partial charge is 0.265 e. The molecule has 0 bridgehead atoms. The number of hydrogen-bond acceptors (Lipinski definition) is 2. The number of carbonyl (C=O) groups is 1. The number of anilines is 1. The lowest BCUT2D eigenvalue weighted by atomic mass is 9.97. The van der Waals surface area contributed by atoms with E-state index in [1.165, 1.54) is 0 Å². The first-order valence-corrected chi connectivity index (χ1v) is 8.62. The Labute approximate surface area is 149 Å². The zero-order chi connectivity index (χ0) is 17.7. The SMILES string of the molecule is CC[C@@H](C)c1ccccc1NC(=O)[C@@H](C)Oc1ccc(Cl)c(C)c1. The van der Waals surface area contributed by atoms with Crippen LogP contribution in [0.15, 0.2) is 42.5 Å². The lowest BCUT2D eigenvalue weighted by molar-refractivity contribution is -0.122. The van der Waals surface area contributed by atoms with Crippen molar-refractivity contribution >= 4 is 23.2 Å². The van der Waals surface area contributed by atoms with Crippen LogP contribution in [0, 0.1) is 6.92 Å². The number of carbonyl (C=O) groups excluding carboxylic acids is 1. The average molecular weight is 346 g/mol. The molecule has 1 amide bonds. The van der Waals surface area contributed by atoms with Crippen LogP contribution in [0.25, 0.3) is 0 Å². The van der Waals surface area contributed by atoms with Crippen LogP contribution in [0.5, 0.6) is 5.75 Å². The van der Waals surface area contributed by atoms with E-state index in [0.29, 0.717) is 16.7 Å². The highest BCUT2D eigenvalue weighted by Gasteiger charge is 2.17. The molecule has 0 saturated heterocycles. The van der Waals surface area contributed by atoms with Crippen LogP contribution in [0.3, 0.4) is 0 Å². The lowest BCUT2D eigenvalue weighted by Gasteiger charge is -2.19. The number of halogens is 1. The molecule has 2 aromatic carbocycles. The fourth-order valence-corrected chi connectivity index (χ4v) is 2.56. The molecule has 2 aromatic rings. The van der Waals surface area contributed by atoms with Gasteiger partial charge in [0.2, 0.25) is 0 Å². The molecule has 0 aromatic heterocycles. The number of hydrogen-bond donors (Lipinski definition) is 1. The molecule has 0 fully saturated rings. The minimum Gasteiger partial charge on any atom is -0.481 e. The van der Waals surface area contributed by atoms with Gasteiger partial charge in [0.05, 0.1) is 0 Å². The fourth-order valence-electron chi connectivity index (χ4n) is 2.44. The van der Waals surface area contributed by atoms with Crippen molar-refractivity contribution in [2.75, 3.05) is 5.32 Å². The first-order valence-electron chi connectivity index (χ1n) is 8.25. The van der Waals surface area contributed by atoms with Crippen LogP contribution in [-0.2, 0) is 4.79 Å². The second-order valence-corrected chi connectivity index (χ2v) is 6.46. The fraction of sp³-hybridized carbons (Fsp3) is 0.350. The summed E-state index contributed by atoms with van der Waals surface area (Å²) in [5.74, 6) is 0.852. The van der Waals surface area contributed by atoms with Crippen LogP contribution < -0.4 is 10.1 Å². The van der Waals surface area contributed by atoms with E-state index in [2.05, 4.69) is 25.2 Å². The highest BCUT2D eigenvalue weighted by Crippen LogP contribution is 2.27. The Morgan fingerprint density at radius 3 is 2.58 bits per heavy atom. The normalized spacial score (nSPS) is 13.2. The standard InChI is InChI=1S/C20H24ClNO2/c1-5-13(2)17-8-6-7-9-19(17)22-20(23)15(4)24-16-10-11-18(21)14(3)12-16/h6-13,15H,5H2,1-4H3,(H,22,23)/t13-,15-/m1/s1. The Kier molecular flexibility index (Phi) is 6.27. The number of aryl methyl sites for hydroxylation is 1. The summed E-state index contributed by atoms with van der Waals surface area (Å²) in [4.78, 5) is 12.5. The van der Waals surface area contributed by atoms with Crippen LogP contribution in [-0.4, -0.2) is 12.0 Å². The Hall–Kier alpha value is -2.00. The lowest BCUT2D eigenvalue weighted by Crippen LogP contribution is -2.30. The third-order valence-corrected chi connectivity index (χ3v) is 4.60. The summed E-state index contributed by atoms with van der Waals surface area (Å²) >= 11 is 6.01. The Morgan fingerprint density at radius 1 is 1.21 bits per heavy atom. The van der Waals surface area contributed by atoms with Gasteiger partial charge in [0.25, 0.3) is 5.91 Å². The number of benzene rings is 2. The van der Waals surface area contributed by atoms with Gasteiger partial charge in [-0.2, -0.15) is 0 Å². The first kappa shape index (κ1) is 18.3. The van der Waals surface area contributed by atoms with Crippen LogP contribution in [0.2, 0.25) is 5.02 Å². The number of rotatable bonds is 6. The zero-order valence-electron chi connectivity index (χ0n) is 14.6. The molecule has 2 rings (SSSR count). The predicted octanol–water partition coefficient (Wildman–Crippen LogP) is 5.57. The van der Waals surface area contributed by atoms with Crippen molar-refractivity contribution in [3.63, 3.8) is 0 Å². The third-order valence-electron chi connectivity index (χ3n) is 4.17. The van der Waals surface area contributed by atoms with Crippen molar-refractivity contribution in [2.24, 2.45) is 0 Å². The molecule has 0 spiro atoms. The van der Waals surface area contributed by atoms with Gasteiger partial charge in [-0.3, -0.25) is 4.79 Å². The highest BCUT2D eigenvalue weighted by molar-refractivity contribution is 6.31. The minimum absolute atomic E-state index is 0.168. The number of nitrogens with one attached hydrogen (secondary N) is 1. The van der Waals surface area contributed by atoms with Gasteiger partial charge >= 0.3 is 0 Å². The maximum Gasteiger partial charge on any atom is 0.265 e. The van der Waals surface area contributed by atoms with E-state index in [1.54, 1.807) is 19.1 Å². The van der Waals surface area contributed by atoms with Gasteiger partial charge in [0, 0.05) is 10.7 Å². The number of ether oxygens (including phenoxy) is 1. The van der Waals surface area contributed by atoms with E-state index < -0.39 is 6.10 Å². The monoisotopic (exact) mass is 345 g/mol. The summed E-state index contributed by atoms with van der Waals surface area (Å²) in [5.41, 5.74) is 2.91. The van der Waals surface area contributed by atoms with Gasteiger partial charge < -0.3 is 10.1 Å². The van der Waals surface area contributed by atoms with Crippen molar-refractivity contribution in [1.82, 2.24) is 0 Å². The Morgan fingerprint density at radius 2 is 1.92 bits per heavy atom. The second-order valence-electron chi connectivity index (χ2n) is 6.06. The summed E-state index contributed by atoms with van der Waals surface area (Å²) in [6.07, 6.45) is 0.416. The summed E-state index contributed by atoms with van der Waals surface area (Å²) in [6, 6.07) is 13.3. The molecule has 0 aliphatic heterocycles. The average Bonchev–Trinajstić information content (AvgIpc) is 2.58. The summed E-state index contributed by atoms with van der Waals surface area (Å²) in [7, 11) is 0. The van der Waals surface area contributed by atoms with Gasteiger partial charge in [-0.05, 0) is 61.6 Å². The van der Waals surface area contributed by atoms with Crippen molar-refractivity contribution in [3.05, 3.63) is 58.6 Å². The van der Waals surface area contributed by atoms with Gasteiger partial charge in [0.1, 0.15) is 5.75 Å². The molecule has 3 nitrogen and oxygen atoms in total. The molecule has 4 heteroatoms. The van der Waals surface area contributed by atoms with Gasteiger partial charge in [-0.15, -0.1) is 0 Å². The second kappa shape index (κ2) is 8.20. The zero-order valence-corrected chi connectivity index (χ0v) is 15.4. The molecule has 1 N–H and O–H groups in total. The molecule has 0 unspecified atom stereocenters. The first-order chi connectivity index (χ1) is 11.4. The largest absolute Gasteiger partial charge is 0.481 e. The minimum atomic E-state index is -0.601. The van der Waals surface area contributed by atoms with E-state index in [9.17, 15) is 4.79 Å². The van der Waals surface area contributed by atoms with E-state index >= 15 is 0 Å². The third kappa shape index (κ3) is 4.51. The van der Waals surface area contributed by atoms with Gasteiger partial charge in [-0.25, -0.2) is 0 Å². The number of para-hydroxylation sites is 1. The summed E-state index contributed by atoms with van der Waals surface area (Å²) in [6.45, 7) is 7.94. The maximum atomic E-state index is 12.5. The van der Waals surface area contributed by atoms with E-state index in [1.807, 2.05) is 31.2 Å². The van der Waals surface area contributed by atoms with Crippen molar-refractivity contribution in [2.45, 2.75) is 46.1 Å². The van der Waals surface area contributed by atoms with E-state index in [-0.39, 0.29) is 5.91 Å². The van der Waals surface area contributed by atoms with Gasteiger partial charge in [0.15, 0.2) is 6.10 Å². The molecular formula is C20H24ClNO2. The van der Waals surface area contributed by atoms with Crippen LogP contribution >= 0.6 is 11.6 Å². The Balaban J connectivity index is 2.08. The van der Waals surface area contributed by atoms with Crippen molar-refractivity contribution in [3.8, 4) is 5.75 Å². The Bertz CT molecular complexity index is 715. The molecule has 0 heterocycles. The van der Waals surface area contributed by atoms with Crippen LogP contribution in [0.4, 0.5) is 5.69 Å². The van der Waals surface area contributed by atoms with Crippen molar-refractivity contribution < 1.29 is 9.53 Å². The van der Waals surface area contributed by atoms with E-state index in [4.69, 9.17) is 16.3 Å². The topological polar surface area (TPSA) is 38.3 Å². The molecular weight excluding hydrogens is 322 g/mol. The maximum absolute atomic E-state index is 12.5. The summed E-state index contributed by atoms with van der Waals surface area (Å²) < 4.78 is 5.74. The van der Waals surface area contributed by atoms with E-state index in [0.717, 1.165) is 23.2 Å². The van der Waals surface area contributed by atoms with Crippen molar-refractivity contribution in [1.29, 1.82) is 0 Å². The number of amides is 1. The predicted molar refractivity (Wildman–Crippen MR) is 100 cm³/mol. The molecule has 2 atom stereocenters. The quantitative estimate of drug-likeness (QED) is 0.743. The molecule has 0 radical (unpaired) electrons. The molecule has 128 valence electrons. The molecule has 0 saturated carbocycles. The van der Waals surface area contributed by atoms with Crippen LogP contribution in [0.1, 0.15) is 44.2 Å².